The van der Waals surface area contributed by atoms with Gasteiger partial charge in [-0.3, -0.25) is 0 Å². The van der Waals surface area contributed by atoms with Crippen molar-refractivity contribution in [1.82, 2.24) is 0 Å². The average molecular weight is 737 g/mol. The van der Waals surface area contributed by atoms with E-state index in [9.17, 15) is 0 Å². The Morgan fingerprint density at radius 3 is 1.40 bits per heavy atom. The zero-order valence-electron chi connectivity index (χ0n) is 29.0. The Kier molecular flexibility index (Phi) is 10.9. The Hall–Kier alpha value is -3.30. The van der Waals surface area contributed by atoms with Crippen LogP contribution in [0.15, 0.2) is 109 Å². The maximum atomic E-state index is 6.44. The van der Waals surface area contributed by atoms with Gasteiger partial charge in [0.2, 0.25) is 8.77 Å². The lowest BCUT2D eigenvalue weighted by Gasteiger charge is -2.27. The fourth-order valence-electron chi connectivity index (χ4n) is 8.07. The van der Waals surface area contributed by atoms with Crippen molar-refractivity contribution in [3.63, 3.8) is 0 Å². The van der Waals surface area contributed by atoms with Gasteiger partial charge in [-0.25, -0.2) is 0 Å². The Morgan fingerprint density at radius 2 is 1.02 bits per heavy atom. The van der Waals surface area contributed by atoms with Crippen LogP contribution < -0.4 is 9.80 Å². The minimum absolute atomic E-state index is 0.181. The molecule has 2 aliphatic heterocycles. The predicted molar refractivity (Wildman–Crippen MR) is 222 cm³/mol. The molecule has 8 heteroatoms. The molecule has 2 heterocycles. The molecule has 0 spiro atoms. The molecule has 6 atom stereocenters. The zero-order chi connectivity index (χ0) is 34.8. The molecule has 0 N–H and O–H groups in total. The van der Waals surface area contributed by atoms with E-state index in [2.05, 4.69) is 133 Å². The summed E-state index contributed by atoms with van der Waals surface area (Å²) in [5, 5.41) is 0. The number of benzene rings is 3. The summed E-state index contributed by atoms with van der Waals surface area (Å²) in [6, 6.07) is 23.3. The number of allylic oxidation sites excluding steroid dienone is 4. The van der Waals surface area contributed by atoms with E-state index in [-0.39, 0.29) is 12.2 Å². The van der Waals surface area contributed by atoms with Crippen molar-refractivity contribution in [1.29, 1.82) is 0 Å². The fraction of sp³-hybridized carbons (Fsp3) is 0.333. The number of rotatable bonds is 10. The third-order valence-electron chi connectivity index (χ3n) is 10.5. The maximum Gasteiger partial charge on any atom is 0.220 e. The van der Waals surface area contributed by atoms with Crippen molar-refractivity contribution in [2.75, 3.05) is 35.4 Å². The number of ether oxygens (including phenoxy) is 2. The molecule has 0 bridgehead atoms. The van der Waals surface area contributed by atoms with Crippen molar-refractivity contribution < 1.29 is 9.47 Å². The van der Waals surface area contributed by atoms with Gasteiger partial charge in [-0.2, -0.15) is 0 Å². The van der Waals surface area contributed by atoms with Gasteiger partial charge in [-0.05, 0) is 108 Å². The molecular weight excluding hydrogens is 693 g/mol. The van der Waals surface area contributed by atoms with E-state index in [0.717, 1.165) is 37.1 Å². The number of thiocarbonyl (C=S) groups is 2. The quantitative estimate of drug-likeness (QED) is 0.190. The standard InChI is InChI=1S/C42H44N2O2S4/c1-5-43-35-13-9-7-11-31(35)33-25-29(19-21-37(33)43)39(45-41(47)49-3)23-27-15-17-28(18-16-27)24-40(46-42(48)50-4)30-20-22-38-34(26-30)32-12-8-10-14-36(32)44(38)6-2/h7-22,25-26,31-32,35-36,39-40H,5-6,23-24H2,1-4H3. The average Bonchev–Trinajstić information content (AvgIpc) is 3.66. The molecule has 0 saturated carbocycles. The lowest BCUT2D eigenvalue weighted by Crippen LogP contribution is -2.32. The van der Waals surface area contributed by atoms with E-state index in [4.69, 9.17) is 33.9 Å². The Bertz CT molecular complexity index is 1730. The molecule has 0 aromatic heterocycles. The second-order valence-corrected chi connectivity index (χ2v) is 15.9. The lowest BCUT2D eigenvalue weighted by atomic mass is 9.89. The van der Waals surface area contributed by atoms with E-state index in [1.165, 1.54) is 57.2 Å². The second-order valence-electron chi connectivity index (χ2n) is 13.1. The molecule has 4 nitrogen and oxygen atoms in total. The molecule has 0 fully saturated rings. The monoisotopic (exact) mass is 736 g/mol. The number of anilines is 2. The van der Waals surface area contributed by atoms with E-state index < -0.39 is 0 Å². The highest BCUT2D eigenvalue weighted by Crippen LogP contribution is 2.46. The maximum absolute atomic E-state index is 6.44. The number of nitrogens with zero attached hydrogens (tertiary/aromatic N) is 2. The minimum Gasteiger partial charge on any atom is -0.470 e. The summed E-state index contributed by atoms with van der Waals surface area (Å²) in [6.45, 7) is 6.42. The highest BCUT2D eigenvalue weighted by molar-refractivity contribution is 8.22. The first-order valence-electron chi connectivity index (χ1n) is 17.5. The van der Waals surface area contributed by atoms with Crippen LogP contribution in [0.1, 0.15) is 71.3 Å². The first-order chi connectivity index (χ1) is 24.4. The summed E-state index contributed by atoms with van der Waals surface area (Å²) in [5.41, 5.74) is 10.1. The van der Waals surface area contributed by atoms with Gasteiger partial charge in [0.15, 0.2) is 0 Å². The molecule has 6 unspecified atom stereocenters. The number of thioether (sulfide) groups is 2. The van der Waals surface area contributed by atoms with Gasteiger partial charge in [-0.1, -0.05) is 109 Å². The van der Waals surface area contributed by atoms with Crippen LogP contribution >= 0.6 is 48.0 Å². The van der Waals surface area contributed by atoms with Crippen LogP contribution in [-0.4, -0.2) is 46.5 Å². The summed E-state index contributed by atoms with van der Waals surface area (Å²) in [5.74, 6) is 0.704. The van der Waals surface area contributed by atoms with Crippen molar-refractivity contribution in [2.24, 2.45) is 0 Å². The van der Waals surface area contributed by atoms with Gasteiger partial charge in [0.25, 0.3) is 0 Å². The largest absolute Gasteiger partial charge is 0.470 e. The van der Waals surface area contributed by atoms with Crippen LogP contribution in [0.5, 0.6) is 0 Å². The highest BCUT2D eigenvalue weighted by atomic mass is 32.2. The molecule has 3 aromatic carbocycles. The number of fused-ring (bicyclic) bond motifs is 6. The Balaban J connectivity index is 1.12. The first-order valence-corrected chi connectivity index (χ1v) is 20.8. The summed E-state index contributed by atoms with van der Waals surface area (Å²) in [4.78, 5) is 4.99. The van der Waals surface area contributed by atoms with Crippen LogP contribution in [0.2, 0.25) is 0 Å². The van der Waals surface area contributed by atoms with Crippen LogP contribution in [0.25, 0.3) is 0 Å². The molecule has 0 amide bonds. The van der Waals surface area contributed by atoms with Gasteiger partial charge >= 0.3 is 0 Å². The molecule has 7 rings (SSSR count). The van der Waals surface area contributed by atoms with Crippen molar-refractivity contribution >= 4 is 68.1 Å². The van der Waals surface area contributed by atoms with Crippen LogP contribution in [0.3, 0.4) is 0 Å². The van der Waals surface area contributed by atoms with Gasteiger partial charge < -0.3 is 19.3 Å². The Morgan fingerprint density at radius 1 is 0.620 bits per heavy atom. The minimum atomic E-state index is -0.181. The molecule has 2 aliphatic carbocycles. The predicted octanol–water partition coefficient (Wildman–Crippen LogP) is 10.4. The third-order valence-corrected chi connectivity index (χ3v) is 12.5. The van der Waals surface area contributed by atoms with Crippen LogP contribution in [-0.2, 0) is 22.3 Å². The summed E-state index contributed by atoms with van der Waals surface area (Å²) in [7, 11) is 0. The smallest absolute Gasteiger partial charge is 0.220 e. The molecule has 50 heavy (non-hydrogen) atoms. The third kappa shape index (κ3) is 6.97. The highest BCUT2D eigenvalue weighted by Gasteiger charge is 2.37. The molecule has 4 aliphatic rings. The van der Waals surface area contributed by atoms with Crippen LogP contribution in [0.4, 0.5) is 11.4 Å². The van der Waals surface area contributed by atoms with Gasteiger partial charge in [0.05, 0.1) is 12.1 Å². The summed E-state index contributed by atoms with van der Waals surface area (Å²) in [6.07, 6.45) is 23.0. The van der Waals surface area contributed by atoms with Gasteiger partial charge in [0, 0.05) is 49.1 Å². The summed E-state index contributed by atoms with van der Waals surface area (Å²) >= 11 is 14.1. The number of hydrogen-bond acceptors (Lipinski definition) is 8. The number of hydrogen-bond donors (Lipinski definition) is 0. The SMILES string of the molecule is CCN1c2ccc(C(Cc3ccc(CC(OC(=S)SC)c4ccc5c(c4)C4C=CC=CC4N5CC)cc3)OC(=S)SC)cc2C2C=CC=CC21. The normalized spacial score (nSPS) is 22.1. The first kappa shape index (κ1) is 35.1. The van der Waals surface area contributed by atoms with Crippen LogP contribution in [0, 0.1) is 0 Å². The van der Waals surface area contributed by atoms with Crippen molar-refractivity contribution in [3.8, 4) is 0 Å². The second kappa shape index (κ2) is 15.5. The summed E-state index contributed by atoms with van der Waals surface area (Å²) < 4.78 is 14.0. The molecule has 258 valence electrons. The van der Waals surface area contributed by atoms with Gasteiger partial charge in [0.1, 0.15) is 12.2 Å². The van der Waals surface area contributed by atoms with Crippen molar-refractivity contribution in [3.05, 3.63) is 143 Å². The van der Waals surface area contributed by atoms with Gasteiger partial charge in [-0.15, -0.1) is 0 Å². The van der Waals surface area contributed by atoms with E-state index >= 15 is 0 Å². The van der Waals surface area contributed by atoms with E-state index in [1.54, 1.807) is 0 Å². The van der Waals surface area contributed by atoms with E-state index in [1.807, 2.05) is 12.5 Å². The van der Waals surface area contributed by atoms with Crippen molar-refractivity contribution in [2.45, 2.75) is 62.8 Å². The fourth-order valence-corrected chi connectivity index (χ4v) is 8.73. The Labute approximate surface area is 316 Å². The molecule has 0 radical (unpaired) electrons. The van der Waals surface area contributed by atoms with E-state index in [0.29, 0.717) is 32.7 Å². The molecular formula is C42H44N2O2S4. The molecule has 3 aromatic rings. The topological polar surface area (TPSA) is 24.9 Å². The molecule has 0 saturated heterocycles. The number of likely N-dealkylation sites (N-methyl/N-ethyl adjacent to an activating group) is 2. The lowest BCUT2D eigenvalue weighted by molar-refractivity contribution is 0.204. The zero-order valence-corrected chi connectivity index (χ0v) is 32.3.